The topological polar surface area (TPSA) is 37.3 Å². The van der Waals surface area contributed by atoms with E-state index in [0.29, 0.717) is 0 Å². The number of carboxylic acid groups (broad SMARTS) is 1. The Morgan fingerprint density at radius 2 is 1.62 bits per heavy atom. The number of carboxylic acids is 1. The van der Waals surface area contributed by atoms with Gasteiger partial charge in [0.05, 0.1) is 0 Å². The summed E-state index contributed by atoms with van der Waals surface area (Å²) in [4.78, 5) is 9.00. The molecular weight excluding hydrogens is 176 g/mol. The molecule has 0 heterocycles. The molecule has 0 amide bonds. The van der Waals surface area contributed by atoms with Crippen LogP contribution < -0.4 is 0 Å². The number of hydrogen-bond donors (Lipinski definition) is 1. The molecule has 0 saturated carbocycles. The Labute approximate surface area is 81.3 Å². The van der Waals surface area contributed by atoms with Crippen molar-refractivity contribution in [2.75, 3.05) is 0 Å². The second kappa shape index (κ2) is 15.8. The number of carbonyl (C=O) groups is 1. The number of hydrogen-bond acceptors (Lipinski definition) is 1. The molecule has 0 aromatic carbocycles. The first-order valence-corrected chi connectivity index (χ1v) is 5.74. The lowest BCUT2D eigenvalue weighted by molar-refractivity contribution is -0.134. The fourth-order valence-corrected chi connectivity index (χ4v) is 0. The molecule has 0 aromatic rings. The molecule has 0 aliphatic heterocycles. The minimum absolute atomic E-state index is 0. The summed E-state index contributed by atoms with van der Waals surface area (Å²) in [6, 6.07) is 0. The Morgan fingerprint density at radius 1 is 1.62 bits per heavy atom. The van der Waals surface area contributed by atoms with E-state index in [-0.39, 0.29) is 23.1 Å². The van der Waals surface area contributed by atoms with Gasteiger partial charge in [0.1, 0.15) is 0 Å². The van der Waals surface area contributed by atoms with Gasteiger partial charge in [-0.2, -0.15) is 0 Å². The largest absolute Gasteiger partial charge is 0.618 e. The van der Waals surface area contributed by atoms with Gasteiger partial charge in [0.15, 0.2) is 0 Å². The molecule has 0 spiro atoms. The number of halogens is 2. The van der Waals surface area contributed by atoms with Crippen molar-refractivity contribution in [2.24, 2.45) is 0 Å². The quantitative estimate of drug-likeness (QED) is 0.541. The lowest BCUT2D eigenvalue weighted by Crippen LogP contribution is -1.78. The normalized spacial score (nSPS) is 4.38. The third-order valence-electron chi connectivity index (χ3n) is 0. The summed E-state index contributed by atoms with van der Waals surface area (Å²) in [5.41, 5.74) is 0. The van der Waals surface area contributed by atoms with Crippen LogP contribution in [0.15, 0.2) is 0 Å². The van der Waals surface area contributed by atoms with Crippen molar-refractivity contribution in [3.63, 3.8) is 0 Å². The molecule has 8 heavy (non-hydrogen) atoms. The molecular formula is C2H6Cl2Mg2O2. The van der Waals surface area contributed by atoms with Gasteiger partial charge in [-0.05, 0) is 0 Å². The van der Waals surface area contributed by atoms with Crippen molar-refractivity contribution in [2.45, 2.75) is 6.92 Å². The van der Waals surface area contributed by atoms with Gasteiger partial charge in [-0.15, -0.1) is 0 Å². The fraction of sp³-hybridized carbons (Fsp3) is 0.500. The van der Waals surface area contributed by atoms with Crippen molar-refractivity contribution >= 4 is 65.3 Å². The summed E-state index contributed by atoms with van der Waals surface area (Å²) < 4.78 is 0. The molecule has 0 saturated heterocycles. The first-order valence-electron chi connectivity index (χ1n) is 1.46. The van der Waals surface area contributed by atoms with Crippen molar-refractivity contribution in [1.82, 2.24) is 0 Å². The Kier molecular flexibility index (Phi) is 32.2. The molecule has 0 aliphatic rings. The van der Waals surface area contributed by atoms with Crippen molar-refractivity contribution < 1.29 is 9.90 Å². The summed E-state index contributed by atoms with van der Waals surface area (Å²) in [6.07, 6.45) is 0. The molecule has 0 fully saturated rings. The third-order valence-corrected chi connectivity index (χ3v) is 0. The van der Waals surface area contributed by atoms with Gasteiger partial charge < -0.3 is 23.2 Å². The highest BCUT2D eigenvalue weighted by molar-refractivity contribution is 7.22. The van der Waals surface area contributed by atoms with E-state index in [9.17, 15) is 0 Å². The minimum atomic E-state index is -0.833. The molecule has 0 aliphatic carbocycles. The summed E-state index contributed by atoms with van der Waals surface area (Å²) in [7, 11) is 9.81. The Hall–Kier alpha value is 1.58. The summed E-state index contributed by atoms with van der Waals surface area (Å²) in [5, 5.41) is 7.42. The molecule has 0 radical (unpaired) electrons. The van der Waals surface area contributed by atoms with Crippen LogP contribution >= 0.6 is 18.1 Å². The molecule has 0 aromatic heterocycles. The van der Waals surface area contributed by atoms with Crippen LogP contribution in [0, 0.1) is 0 Å². The predicted octanol–water partition coefficient (Wildman–Crippen LogP) is 0.173. The maximum atomic E-state index is 9.00. The molecule has 0 bridgehead atoms. The van der Waals surface area contributed by atoms with E-state index >= 15 is 0 Å². The van der Waals surface area contributed by atoms with Gasteiger partial charge in [0.25, 0.3) is 5.97 Å². The molecule has 2 nitrogen and oxygen atoms in total. The van der Waals surface area contributed by atoms with Crippen LogP contribution in [-0.4, -0.2) is 52.3 Å². The fourth-order valence-electron chi connectivity index (χ4n) is 0. The maximum absolute atomic E-state index is 9.00. The van der Waals surface area contributed by atoms with Crippen molar-refractivity contribution in [3.8, 4) is 0 Å². The van der Waals surface area contributed by atoms with Gasteiger partial charge in [0.2, 0.25) is 0 Å². The van der Waals surface area contributed by atoms with Crippen LogP contribution in [0.1, 0.15) is 6.92 Å². The number of aliphatic carboxylic acids is 1. The summed E-state index contributed by atoms with van der Waals surface area (Å²) >= 11 is -0.639. The van der Waals surface area contributed by atoms with Crippen molar-refractivity contribution in [3.05, 3.63) is 0 Å². The molecule has 44 valence electrons. The van der Waals surface area contributed by atoms with E-state index in [1.54, 1.807) is 0 Å². The zero-order valence-corrected chi connectivity index (χ0v) is 6.74. The Bertz CT molecular complexity index is 47.3. The molecule has 0 unspecified atom stereocenters. The lowest BCUT2D eigenvalue weighted by Gasteiger charge is -1.59. The van der Waals surface area contributed by atoms with Gasteiger partial charge in [0, 0.05) is 6.92 Å². The highest BCUT2D eigenvalue weighted by Gasteiger charge is 1.65. The zero-order chi connectivity index (χ0) is 6.28. The molecule has 6 heteroatoms. The van der Waals surface area contributed by atoms with Crippen LogP contribution in [0.4, 0.5) is 0 Å². The highest BCUT2D eigenvalue weighted by Crippen LogP contribution is 1.67. The van der Waals surface area contributed by atoms with E-state index < -0.39 is 24.1 Å². The van der Waals surface area contributed by atoms with E-state index in [1.165, 1.54) is 0 Å². The predicted molar refractivity (Wildman–Crippen MR) is 39.3 cm³/mol. The average Bonchev–Trinajstić information content (AvgIpc) is 1.33. The van der Waals surface area contributed by atoms with Crippen molar-refractivity contribution in [1.29, 1.82) is 0 Å². The van der Waals surface area contributed by atoms with Crippen LogP contribution in [0.5, 0.6) is 0 Å². The monoisotopic (exact) mass is 180 g/mol. The van der Waals surface area contributed by atoms with Crippen LogP contribution in [-0.2, 0) is 4.79 Å². The average molecular weight is 182 g/mol. The molecule has 1 N–H and O–H groups in total. The van der Waals surface area contributed by atoms with Crippen LogP contribution in [0.25, 0.3) is 0 Å². The van der Waals surface area contributed by atoms with E-state index in [2.05, 4.69) is 0 Å². The first kappa shape index (κ1) is 16.3. The molecule has 0 atom stereocenters. The van der Waals surface area contributed by atoms with Gasteiger partial charge in [-0.1, -0.05) is 0 Å². The highest BCUT2D eigenvalue weighted by atomic mass is 35.6. The number of rotatable bonds is 0. The SMILES string of the molecule is CC(=O)O.[Cl][Mg][Cl].[MgH2]. The van der Waals surface area contributed by atoms with Crippen LogP contribution in [0.3, 0.4) is 0 Å². The lowest BCUT2D eigenvalue weighted by atomic mass is 10.9. The standard InChI is InChI=1S/C2H4O2.2ClH.2Mg.2H/c1-2(3)4;;;;;;/h1H3,(H,3,4);2*1H;;;;/q;;;;+2;;/p-2. The Balaban J connectivity index is -0.0000000575. The van der Waals surface area contributed by atoms with E-state index in [0.717, 1.165) is 6.92 Å². The zero-order valence-electron chi connectivity index (χ0n) is 3.82. The third kappa shape index (κ3) is 131. The Morgan fingerprint density at radius 3 is 1.62 bits per heavy atom. The minimum Gasteiger partial charge on any atom is -0.481 e. The smallest absolute Gasteiger partial charge is 0.481 e. The van der Waals surface area contributed by atoms with Gasteiger partial charge in [-0.3, -0.25) is 4.79 Å². The maximum Gasteiger partial charge on any atom is 0.618 e. The second-order valence-electron chi connectivity index (χ2n) is 0.620. The van der Waals surface area contributed by atoms with Gasteiger partial charge in [-0.25, -0.2) is 0 Å². The van der Waals surface area contributed by atoms with E-state index in [4.69, 9.17) is 28.0 Å². The van der Waals surface area contributed by atoms with E-state index in [1.807, 2.05) is 0 Å². The molecule has 0 rings (SSSR count). The second-order valence-corrected chi connectivity index (χ2v) is 3.25. The summed E-state index contributed by atoms with van der Waals surface area (Å²) in [5.74, 6) is -0.833. The summed E-state index contributed by atoms with van der Waals surface area (Å²) in [6.45, 7) is 1.08. The first-order chi connectivity index (χ1) is 3.15. The van der Waals surface area contributed by atoms with Gasteiger partial charge >= 0.3 is 41.2 Å². The van der Waals surface area contributed by atoms with Crippen LogP contribution in [0.2, 0.25) is 0 Å².